The van der Waals surface area contributed by atoms with Gasteiger partial charge in [-0.1, -0.05) is 12.1 Å². The first-order chi connectivity index (χ1) is 8.81. The van der Waals surface area contributed by atoms with Crippen LogP contribution in [0.15, 0.2) is 24.3 Å². The number of morpholine rings is 1. The van der Waals surface area contributed by atoms with Crippen molar-refractivity contribution in [3.8, 4) is 6.07 Å². The number of rotatable bonds is 4. The molecule has 1 aromatic carbocycles. The molecule has 1 heterocycles. The van der Waals surface area contributed by atoms with E-state index in [0.29, 0.717) is 12.1 Å². The molecule has 96 valence electrons. The van der Waals surface area contributed by atoms with Gasteiger partial charge in [0.05, 0.1) is 24.3 Å². The van der Waals surface area contributed by atoms with E-state index in [-0.39, 0.29) is 6.10 Å². The Balaban J connectivity index is 1.90. The lowest BCUT2D eigenvalue weighted by Gasteiger charge is -2.32. The highest BCUT2D eigenvalue weighted by Gasteiger charge is 2.19. The molecule has 0 bridgehead atoms. The summed E-state index contributed by atoms with van der Waals surface area (Å²) < 4.78 is 5.66. The van der Waals surface area contributed by atoms with Crippen molar-refractivity contribution in [2.75, 3.05) is 26.2 Å². The van der Waals surface area contributed by atoms with Crippen molar-refractivity contribution in [2.24, 2.45) is 5.73 Å². The van der Waals surface area contributed by atoms with E-state index < -0.39 is 0 Å². The first-order valence-corrected chi connectivity index (χ1v) is 6.35. The minimum atomic E-state index is 0.266. The van der Waals surface area contributed by atoms with Crippen LogP contribution in [0.1, 0.15) is 17.5 Å². The summed E-state index contributed by atoms with van der Waals surface area (Å²) in [6, 6.07) is 9.91. The molecular weight excluding hydrogens is 226 g/mol. The van der Waals surface area contributed by atoms with Gasteiger partial charge in [-0.05, 0) is 30.7 Å². The first-order valence-electron chi connectivity index (χ1n) is 6.35. The molecule has 0 saturated carbocycles. The molecule has 0 spiro atoms. The number of hydrogen-bond donors (Lipinski definition) is 1. The molecule has 4 nitrogen and oxygen atoms in total. The molecule has 1 aromatic rings. The van der Waals surface area contributed by atoms with Gasteiger partial charge < -0.3 is 10.5 Å². The highest BCUT2D eigenvalue weighted by Crippen LogP contribution is 2.12. The average Bonchev–Trinajstić information content (AvgIpc) is 2.40. The van der Waals surface area contributed by atoms with Crippen LogP contribution in [0.2, 0.25) is 0 Å². The molecule has 18 heavy (non-hydrogen) atoms. The van der Waals surface area contributed by atoms with Crippen LogP contribution in [0, 0.1) is 11.3 Å². The topological polar surface area (TPSA) is 62.3 Å². The van der Waals surface area contributed by atoms with Gasteiger partial charge in [0.2, 0.25) is 0 Å². The summed E-state index contributed by atoms with van der Waals surface area (Å²) >= 11 is 0. The van der Waals surface area contributed by atoms with Crippen LogP contribution < -0.4 is 5.73 Å². The lowest BCUT2D eigenvalue weighted by Crippen LogP contribution is -2.42. The maximum atomic E-state index is 8.75. The lowest BCUT2D eigenvalue weighted by molar-refractivity contribution is -0.0335. The SMILES string of the molecule is N#Cc1ccc(CN2CCOC(CCN)C2)cc1. The van der Waals surface area contributed by atoms with Crippen molar-refractivity contribution in [2.45, 2.75) is 19.1 Å². The Morgan fingerprint density at radius 2 is 2.17 bits per heavy atom. The summed E-state index contributed by atoms with van der Waals surface area (Å²) in [6.07, 6.45) is 1.19. The Morgan fingerprint density at radius 3 is 2.83 bits per heavy atom. The largest absolute Gasteiger partial charge is 0.376 e. The number of ether oxygens (including phenoxy) is 1. The second kappa shape index (κ2) is 6.50. The predicted octanol–water partition coefficient (Wildman–Crippen LogP) is 1.11. The van der Waals surface area contributed by atoms with Crippen molar-refractivity contribution in [1.29, 1.82) is 5.26 Å². The molecule has 0 amide bonds. The molecule has 2 rings (SSSR count). The van der Waals surface area contributed by atoms with Crippen LogP contribution >= 0.6 is 0 Å². The maximum absolute atomic E-state index is 8.75. The summed E-state index contributed by atoms with van der Waals surface area (Å²) in [7, 11) is 0. The molecule has 0 aromatic heterocycles. The zero-order valence-electron chi connectivity index (χ0n) is 10.5. The molecule has 1 fully saturated rings. The van der Waals surface area contributed by atoms with Crippen molar-refractivity contribution in [3.63, 3.8) is 0 Å². The summed E-state index contributed by atoms with van der Waals surface area (Å²) in [4.78, 5) is 2.38. The van der Waals surface area contributed by atoms with Gasteiger partial charge in [0.25, 0.3) is 0 Å². The smallest absolute Gasteiger partial charge is 0.0991 e. The fraction of sp³-hybridized carbons (Fsp3) is 0.500. The molecule has 1 aliphatic rings. The normalized spacial score (nSPS) is 20.6. The van der Waals surface area contributed by atoms with Crippen LogP contribution in [0.25, 0.3) is 0 Å². The lowest BCUT2D eigenvalue weighted by atomic mass is 10.1. The highest BCUT2D eigenvalue weighted by atomic mass is 16.5. The Kier molecular flexibility index (Phi) is 4.71. The Hall–Kier alpha value is -1.41. The maximum Gasteiger partial charge on any atom is 0.0991 e. The molecule has 1 saturated heterocycles. The van der Waals surface area contributed by atoms with Gasteiger partial charge in [0, 0.05) is 19.6 Å². The third kappa shape index (κ3) is 3.54. The van der Waals surface area contributed by atoms with E-state index in [4.69, 9.17) is 15.7 Å². The van der Waals surface area contributed by atoms with Crippen LogP contribution in [-0.4, -0.2) is 37.2 Å². The number of nitrogens with zero attached hydrogens (tertiary/aromatic N) is 2. The second-order valence-corrected chi connectivity index (χ2v) is 4.61. The van der Waals surface area contributed by atoms with Crippen molar-refractivity contribution >= 4 is 0 Å². The zero-order chi connectivity index (χ0) is 12.8. The van der Waals surface area contributed by atoms with Gasteiger partial charge in [-0.25, -0.2) is 0 Å². The minimum Gasteiger partial charge on any atom is -0.376 e. The quantitative estimate of drug-likeness (QED) is 0.863. The van der Waals surface area contributed by atoms with Crippen molar-refractivity contribution < 1.29 is 4.74 Å². The van der Waals surface area contributed by atoms with Gasteiger partial charge in [0.1, 0.15) is 0 Å². The third-order valence-electron chi connectivity index (χ3n) is 3.20. The van der Waals surface area contributed by atoms with E-state index >= 15 is 0 Å². The predicted molar refractivity (Wildman–Crippen MR) is 69.8 cm³/mol. The molecular formula is C14H19N3O. The van der Waals surface area contributed by atoms with Crippen LogP contribution in [0.3, 0.4) is 0 Å². The van der Waals surface area contributed by atoms with Gasteiger partial charge in [-0.2, -0.15) is 5.26 Å². The molecule has 1 atom stereocenters. The fourth-order valence-electron chi connectivity index (χ4n) is 2.23. The average molecular weight is 245 g/mol. The zero-order valence-corrected chi connectivity index (χ0v) is 10.5. The van der Waals surface area contributed by atoms with Crippen LogP contribution in [0.4, 0.5) is 0 Å². The minimum absolute atomic E-state index is 0.266. The fourth-order valence-corrected chi connectivity index (χ4v) is 2.23. The van der Waals surface area contributed by atoms with Gasteiger partial charge in [-0.3, -0.25) is 4.90 Å². The van der Waals surface area contributed by atoms with Gasteiger partial charge in [0.15, 0.2) is 0 Å². The van der Waals surface area contributed by atoms with Gasteiger partial charge in [-0.15, -0.1) is 0 Å². The van der Waals surface area contributed by atoms with E-state index in [0.717, 1.165) is 32.7 Å². The van der Waals surface area contributed by atoms with E-state index in [9.17, 15) is 0 Å². The first kappa shape index (κ1) is 13.0. The van der Waals surface area contributed by atoms with Crippen LogP contribution in [0.5, 0.6) is 0 Å². The molecule has 4 heteroatoms. The van der Waals surface area contributed by atoms with E-state index in [1.54, 1.807) is 0 Å². The number of benzene rings is 1. The summed E-state index contributed by atoms with van der Waals surface area (Å²) in [5.41, 5.74) is 7.51. The standard InChI is InChI=1S/C14H19N3O/c15-6-5-14-11-17(7-8-18-14)10-13-3-1-12(9-16)2-4-13/h1-4,14H,5-8,10-11,15H2. The highest BCUT2D eigenvalue weighted by molar-refractivity contribution is 5.31. The Bertz CT molecular complexity index is 408. The second-order valence-electron chi connectivity index (χ2n) is 4.61. The van der Waals surface area contributed by atoms with Crippen molar-refractivity contribution in [3.05, 3.63) is 35.4 Å². The van der Waals surface area contributed by atoms with E-state index in [2.05, 4.69) is 11.0 Å². The molecule has 1 unspecified atom stereocenters. The number of hydrogen-bond acceptors (Lipinski definition) is 4. The summed E-state index contributed by atoms with van der Waals surface area (Å²) in [5, 5.41) is 8.75. The molecule has 2 N–H and O–H groups in total. The van der Waals surface area contributed by atoms with Crippen LogP contribution in [-0.2, 0) is 11.3 Å². The summed E-state index contributed by atoms with van der Waals surface area (Å²) in [6.45, 7) is 4.27. The van der Waals surface area contributed by atoms with E-state index in [1.807, 2.05) is 24.3 Å². The molecule has 0 aliphatic carbocycles. The molecule has 0 radical (unpaired) electrons. The summed E-state index contributed by atoms with van der Waals surface area (Å²) in [5.74, 6) is 0. The van der Waals surface area contributed by atoms with Crippen molar-refractivity contribution in [1.82, 2.24) is 4.90 Å². The Labute approximate surface area is 108 Å². The number of nitrogens with two attached hydrogens (primary N) is 1. The third-order valence-corrected chi connectivity index (χ3v) is 3.20. The Morgan fingerprint density at radius 1 is 1.39 bits per heavy atom. The molecule has 1 aliphatic heterocycles. The van der Waals surface area contributed by atoms with E-state index in [1.165, 1.54) is 5.56 Å². The number of nitriles is 1. The monoisotopic (exact) mass is 245 g/mol. The van der Waals surface area contributed by atoms with Gasteiger partial charge >= 0.3 is 0 Å².